The smallest absolute Gasteiger partial charge is 0.259 e. The first-order valence-corrected chi connectivity index (χ1v) is 8.95. The van der Waals surface area contributed by atoms with E-state index in [1.165, 1.54) is 0 Å². The molecule has 0 fully saturated rings. The Labute approximate surface area is 160 Å². The number of amides is 1. The van der Waals surface area contributed by atoms with Gasteiger partial charge in [-0.25, -0.2) is 4.98 Å². The largest absolute Gasteiger partial charge is 0.494 e. The van der Waals surface area contributed by atoms with Crippen LogP contribution in [0.4, 0.5) is 11.5 Å². The van der Waals surface area contributed by atoms with Crippen LogP contribution in [0.1, 0.15) is 40.9 Å². The van der Waals surface area contributed by atoms with E-state index >= 15 is 0 Å². The van der Waals surface area contributed by atoms with Gasteiger partial charge in [0.2, 0.25) is 0 Å². The first-order valence-electron chi connectivity index (χ1n) is 8.95. The van der Waals surface area contributed by atoms with Crippen molar-refractivity contribution in [3.8, 4) is 5.75 Å². The van der Waals surface area contributed by atoms with Crippen LogP contribution in [0.5, 0.6) is 5.75 Å². The Bertz CT molecular complexity index is 790. The van der Waals surface area contributed by atoms with Gasteiger partial charge in [-0.3, -0.25) is 4.79 Å². The van der Waals surface area contributed by atoms with E-state index in [-0.39, 0.29) is 11.7 Å². The number of hydrogen-bond donors (Lipinski definition) is 2. The monoisotopic (exact) mass is 369 g/mol. The number of nitrogens with zero attached hydrogens (tertiary/aromatic N) is 1. The number of nitrogen functional groups attached to an aromatic ring is 1. The molecule has 6 nitrogen and oxygen atoms in total. The molecule has 1 heterocycles. The van der Waals surface area contributed by atoms with E-state index in [0.29, 0.717) is 30.2 Å². The summed E-state index contributed by atoms with van der Waals surface area (Å²) in [5.41, 5.74) is 8.50. The van der Waals surface area contributed by atoms with Crippen molar-refractivity contribution in [3.05, 3.63) is 59.8 Å². The van der Waals surface area contributed by atoms with Crippen LogP contribution in [0.2, 0.25) is 0 Å². The van der Waals surface area contributed by atoms with E-state index in [1.807, 2.05) is 25.1 Å². The number of ether oxygens (including phenoxy) is 2. The van der Waals surface area contributed by atoms with Crippen molar-refractivity contribution in [1.29, 1.82) is 0 Å². The van der Waals surface area contributed by atoms with Crippen molar-refractivity contribution in [2.75, 3.05) is 24.8 Å². The first kappa shape index (κ1) is 20.5. The predicted octanol–water partition coefficient (Wildman–Crippen LogP) is 4.11. The SMILES string of the molecule is C=CCCCCOc1cccc(NC(=O)c2cc(C)c(COC)nc2N)c1. The summed E-state index contributed by atoms with van der Waals surface area (Å²) >= 11 is 0. The van der Waals surface area contributed by atoms with Gasteiger partial charge < -0.3 is 20.5 Å². The Balaban J connectivity index is 2.02. The molecule has 0 saturated carbocycles. The maximum absolute atomic E-state index is 12.6. The summed E-state index contributed by atoms with van der Waals surface area (Å²) in [6, 6.07) is 9.03. The number of carbonyl (C=O) groups is 1. The summed E-state index contributed by atoms with van der Waals surface area (Å²) in [7, 11) is 1.59. The Morgan fingerprint density at radius 2 is 2.15 bits per heavy atom. The Morgan fingerprint density at radius 1 is 1.33 bits per heavy atom. The quantitative estimate of drug-likeness (QED) is 0.486. The molecule has 144 valence electrons. The number of rotatable bonds is 10. The lowest BCUT2D eigenvalue weighted by Crippen LogP contribution is -2.16. The van der Waals surface area contributed by atoms with E-state index < -0.39 is 0 Å². The molecule has 1 aromatic heterocycles. The third kappa shape index (κ3) is 6.11. The molecule has 0 aliphatic heterocycles. The number of aromatic nitrogens is 1. The van der Waals surface area contributed by atoms with Gasteiger partial charge in [0.25, 0.3) is 5.91 Å². The molecule has 0 saturated heterocycles. The molecule has 1 amide bonds. The number of methoxy groups -OCH3 is 1. The predicted molar refractivity (Wildman–Crippen MR) is 108 cm³/mol. The van der Waals surface area contributed by atoms with Crippen LogP contribution in [-0.2, 0) is 11.3 Å². The first-order chi connectivity index (χ1) is 13.0. The van der Waals surface area contributed by atoms with Gasteiger partial charge in [0.15, 0.2) is 0 Å². The number of nitrogens with one attached hydrogen (secondary N) is 1. The van der Waals surface area contributed by atoms with Gasteiger partial charge >= 0.3 is 0 Å². The van der Waals surface area contributed by atoms with E-state index in [1.54, 1.807) is 25.3 Å². The van der Waals surface area contributed by atoms with E-state index in [2.05, 4.69) is 16.9 Å². The molecule has 2 aromatic rings. The third-order valence-electron chi connectivity index (χ3n) is 4.04. The molecule has 0 spiro atoms. The molecule has 6 heteroatoms. The summed E-state index contributed by atoms with van der Waals surface area (Å²) in [6.45, 7) is 6.56. The van der Waals surface area contributed by atoms with Crippen LogP contribution in [0, 0.1) is 6.92 Å². The average Bonchev–Trinajstić information content (AvgIpc) is 2.64. The fourth-order valence-electron chi connectivity index (χ4n) is 2.58. The highest BCUT2D eigenvalue weighted by atomic mass is 16.5. The summed E-state index contributed by atoms with van der Waals surface area (Å²) in [5.74, 6) is 0.582. The van der Waals surface area contributed by atoms with Gasteiger partial charge in [-0.15, -0.1) is 6.58 Å². The van der Waals surface area contributed by atoms with Gasteiger partial charge in [-0.2, -0.15) is 0 Å². The van der Waals surface area contributed by atoms with E-state index in [4.69, 9.17) is 15.2 Å². The molecule has 3 N–H and O–H groups in total. The fraction of sp³-hybridized carbons (Fsp3) is 0.333. The van der Waals surface area contributed by atoms with Gasteiger partial charge in [-0.1, -0.05) is 12.1 Å². The lowest BCUT2D eigenvalue weighted by atomic mass is 10.1. The number of benzene rings is 1. The van der Waals surface area contributed by atoms with Gasteiger partial charge in [0.05, 0.1) is 24.5 Å². The van der Waals surface area contributed by atoms with Crippen LogP contribution in [0.3, 0.4) is 0 Å². The fourth-order valence-corrected chi connectivity index (χ4v) is 2.58. The van der Waals surface area contributed by atoms with Crippen LogP contribution < -0.4 is 15.8 Å². The Morgan fingerprint density at radius 3 is 2.89 bits per heavy atom. The van der Waals surface area contributed by atoms with Gasteiger partial charge in [0, 0.05) is 18.9 Å². The number of anilines is 2. The van der Waals surface area contributed by atoms with Crippen molar-refractivity contribution in [2.45, 2.75) is 32.8 Å². The molecule has 0 aliphatic carbocycles. The topological polar surface area (TPSA) is 86.5 Å². The zero-order valence-electron chi connectivity index (χ0n) is 16.0. The Hall–Kier alpha value is -2.86. The second-order valence-corrected chi connectivity index (χ2v) is 6.23. The maximum Gasteiger partial charge on any atom is 0.259 e. The zero-order valence-corrected chi connectivity index (χ0v) is 16.0. The number of pyridine rings is 1. The normalized spacial score (nSPS) is 10.4. The number of aryl methyl sites for hydroxylation is 1. The van der Waals surface area contributed by atoms with Crippen LogP contribution in [-0.4, -0.2) is 24.6 Å². The maximum atomic E-state index is 12.6. The summed E-state index contributed by atoms with van der Waals surface area (Å²) in [4.78, 5) is 16.9. The lowest BCUT2D eigenvalue weighted by Gasteiger charge is -2.12. The van der Waals surface area contributed by atoms with Crippen molar-refractivity contribution in [2.24, 2.45) is 0 Å². The molecular weight excluding hydrogens is 342 g/mol. The van der Waals surface area contributed by atoms with Crippen molar-refractivity contribution >= 4 is 17.4 Å². The molecule has 0 bridgehead atoms. The van der Waals surface area contributed by atoms with Crippen LogP contribution in [0.25, 0.3) is 0 Å². The van der Waals surface area contributed by atoms with Crippen molar-refractivity contribution < 1.29 is 14.3 Å². The molecule has 27 heavy (non-hydrogen) atoms. The van der Waals surface area contributed by atoms with E-state index in [9.17, 15) is 4.79 Å². The minimum atomic E-state index is -0.310. The van der Waals surface area contributed by atoms with E-state index in [0.717, 1.165) is 30.5 Å². The molecule has 1 aromatic carbocycles. The number of hydrogen-bond acceptors (Lipinski definition) is 5. The number of unbranched alkanes of at least 4 members (excludes halogenated alkanes) is 2. The number of nitrogens with two attached hydrogens (primary N) is 1. The highest BCUT2D eigenvalue weighted by molar-refractivity contribution is 6.07. The van der Waals surface area contributed by atoms with Crippen molar-refractivity contribution in [1.82, 2.24) is 4.98 Å². The molecule has 2 rings (SSSR count). The third-order valence-corrected chi connectivity index (χ3v) is 4.04. The van der Waals surface area contributed by atoms with Gasteiger partial charge in [0.1, 0.15) is 11.6 Å². The van der Waals surface area contributed by atoms with Gasteiger partial charge in [-0.05, 0) is 49.9 Å². The zero-order chi connectivity index (χ0) is 19.6. The van der Waals surface area contributed by atoms with Crippen molar-refractivity contribution in [3.63, 3.8) is 0 Å². The highest BCUT2D eigenvalue weighted by Gasteiger charge is 2.14. The summed E-state index contributed by atoms with van der Waals surface area (Å²) in [6.07, 6.45) is 4.89. The highest BCUT2D eigenvalue weighted by Crippen LogP contribution is 2.21. The standard InChI is InChI=1S/C21H27N3O3/c1-4-5-6-7-11-27-17-10-8-9-16(13-17)23-21(25)18-12-15(2)19(14-26-3)24-20(18)22/h4,8-10,12-13H,1,5-7,11,14H2,2-3H3,(H2,22,24)(H,23,25). The minimum absolute atomic E-state index is 0.180. The lowest BCUT2D eigenvalue weighted by molar-refractivity contribution is 0.102. The molecule has 0 atom stereocenters. The average molecular weight is 369 g/mol. The summed E-state index contributed by atoms with van der Waals surface area (Å²) in [5, 5.41) is 2.85. The molecule has 0 aliphatic rings. The number of allylic oxidation sites excluding steroid dienone is 1. The molecule has 0 radical (unpaired) electrons. The number of carbonyl (C=O) groups excluding carboxylic acids is 1. The second kappa shape index (κ2) is 10.3. The van der Waals surface area contributed by atoms with Crippen LogP contribution >= 0.6 is 0 Å². The molecule has 0 unspecified atom stereocenters. The summed E-state index contributed by atoms with van der Waals surface area (Å²) < 4.78 is 10.8. The minimum Gasteiger partial charge on any atom is -0.494 e. The Kier molecular flexibility index (Phi) is 7.82. The second-order valence-electron chi connectivity index (χ2n) is 6.23. The van der Waals surface area contributed by atoms with Crippen LogP contribution in [0.15, 0.2) is 43.0 Å². The molecular formula is C21H27N3O3.